The van der Waals surface area contributed by atoms with E-state index in [1.807, 2.05) is 28.5 Å². The third-order valence-electron chi connectivity index (χ3n) is 5.18. The Morgan fingerprint density at radius 2 is 1.87 bits per heavy atom. The third-order valence-corrected chi connectivity index (χ3v) is 6.36. The van der Waals surface area contributed by atoms with Crippen molar-refractivity contribution in [3.63, 3.8) is 0 Å². The van der Waals surface area contributed by atoms with Crippen LogP contribution in [0.15, 0.2) is 53.9 Å². The van der Waals surface area contributed by atoms with E-state index in [-0.39, 0.29) is 18.6 Å². The number of benzene rings is 2. The molecule has 2 aromatic carbocycles. The summed E-state index contributed by atoms with van der Waals surface area (Å²) in [7, 11) is 3.25. The maximum Gasteiger partial charge on any atom is 0.261 e. The van der Waals surface area contributed by atoms with Gasteiger partial charge < -0.3 is 19.1 Å². The summed E-state index contributed by atoms with van der Waals surface area (Å²) in [6.45, 7) is 0.569. The van der Waals surface area contributed by atoms with Crippen LogP contribution in [0.2, 0.25) is 5.02 Å². The summed E-state index contributed by atoms with van der Waals surface area (Å²) >= 11 is 7.55. The van der Waals surface area contributed by atoms with E-state index in [0.29, 0.717) is 28.8 Å². The smallest absolute Gasteiger partial charge is 0.261 e. The molecule has 30 heavy (non-hydrogen) atoms. The summed E-state index contributed by atoms with van der Waals surface area (Å²) in [4.78, 5) is 16.1. The van der Waals surface area contributed by atoms with Gasteiger partial charge in [-0.05, 0) is 65.4 Å². The molecule has 0 radical (unpaired) electrons. The Bertz CT molecular complexity index is 1020. The number of fused-ring (bicyclic) bond motifs is 1. The fourth-order valence-corrected chi connectivity index (χ4v) is 4.71. The zero-order valence-corrected chi connectivity index (χ0v) is 18.3. The van der Waals surface area contributed by atoms with E-state index in [9.17, 15) is 4.79 Å². The molecule has 0 spiro atoms. The first-order chi connectivity index (χ1) is 14.6. The Balaban J connectivity index is 1.63. The molecule has 5 nitrogen and oxygen atoms in total. The van der Waals surface area contributed by atoms with Gasteiger partial charge >= 0.3 is 0 Å². The maximum absolute atomic E-state index is 13.2. The number of amides is 1. The first kappa shape index (κ1) is 20.6. The normalized spacial score (nSPS) is 15.4. The van der Waals surface area contributed by atoms with E-state index in [1.54, 1.807) is 49.8 Å². The molecule has 1 atom stereocenters. The summed E-state index contributed by atoms with van der Waals surface area (Å²) in [5.74, 6) is 1.91. The molecule has 0 saturated heterocycles. The highest BCUT2D eigenvalue weighted by molar-refractivity contribution is 7.10. The number of halogens is 1. The van der Waals surface area contributed by atoms with E-state index < -0.39 is 0 Å². The molecule has 4 rings (SSSR count). The zero-order chi connectivity index (χ0) is 21.1. The molecule has 0 saturated carbocycles. The van der Waals surface area contributed by atoms with Crippen molar-refractivity contribution in [2.75, 3.05) is 27.4 Å². The Hall–Kier alpha value is -2.70. The number of nitrogens with zero attached hydrogens (tertiary/aromatic N) is 1. The summed E-state index contributed by atoms with van der Waals surface area (Å²) in [5, 5.41) is 2.65. The number of ether oxygens (including phenoxy) is 3. The largest absolute Gasteiger partial charge is 0.493 e. The van der Waals surface area contributed by atoms with Gasteiger partial charge in [-0.25, -0.2) is 0 Å². The lowest BCUT2D eigenvalue weighted by atomic mass is 9.90. The minimum Gasteiger partial charge on any atom is -0.493 e. The number of thiophene rings is 1. The highest BCUT2D eigenvalue weighted by Crippen LogP contribution is 2.42. The molecule has 7 heteroatoms. The van der Waals surface area contributed by atoms with Gasteiger partial charge in [0.15, 0.2) is 18.1 Å². The molecule has 0 N–H and O–H groups in total. The summed E-state index contributed by atoms with van der Waals surface area (Å²) in [5.41, 5.74) is 2.22. The van der Waals surface area contributed by atoms with Crippen molar-refractivity contribution in [2.45, 2.75) is 12.5 Å². The van der Waals surface area contributed by atoms with Crippen molar-refractivity contribution in [3.05, 3.63) is 74.9 Å². The number of hydrogen-bond donors (Lipinski definition) is 0. The van der Waals surface area contributed by atoms with Crippen molar-refractivity contribution in [1.29, 1.82) is 0 Å². The molecule has 0 unspecified atom stereocenters. The lowest BCUT2D eigenvalue weighted by Gasteiger charge is -2.37. The average Bonchev–Trinajstić information content (AvgIpc) is 3.31. The quantitative estimate of drug-likeness (QED) is 0.539. The molecule has 0 aliphatic carbocycles. The Morgan fingerprint density at radius 3 is 2.53 bits per heavy atom. The van der Waals surface area contributed by atoms with Crippen LogP contribution in [0.5, 0.6) is 17.2 Å². The number of rotatable bonds is 6. The lowest BCUT2D eigenvalue weighted by molar-refractivity contribution is -0.135. The van der Waals surface area contributed by atoms with Crippen LogP contribution in [0, 0.1) is 0 Å². The predicted octanol–water partition coefficient (Wildman–Crippen LogP) is 4.97. The van der Waals surface area contributed by atoms with Crippen LogP contribution in [-0.2, 0) is 11.2 Å². The van der Waals surface area contributed by atoms with Gasteiger partial charge in [-0.2, -0.15) is 0 Å². The number of hydrogen-bond acceptors (Lipinski definition) is 5. The van der Waals surface area contributed by atoms with Crippen LogP contribution in [0.1, 0.15) is 22.0 Å². The zero-order valence-electron chi connectivity index (χ0n) is 16.8. The molecule has 3 aromatic rings. The summed E-state index contributed by atoms with van der Waals surface area (Å²) < 4.78 is 16.7. The van der Waals surface area contributed by atoms with Gasteiger partial charge in [0.2, 0.25) is 0 Å². The average molecular weight is 444 g/mol. The number of carbonyl (C=O) groups excluding carboxylic acids is 1. The Morgan fingerprint density at radius 1 is 1.13 bits per heavy atom. The van der Waals surface area contributed by atoms with Crippen LogP contribution in [0.4, 0.5) is 0 Å². The molecule has 0 bridgehead atoms. The second-order valence-corrected chi connectivity index (χ2v) is 8.32. The van der Waals surface area contributed by atoms with Crippen molar-refractivity contribution >= 4 is 28.8 Å². The molecule has 1 amide bonds. The predicted molar refractivity (Wildman–Crippen MR) is 118 cm³/mol. The molecular weight excluding hydrogens is 422 g/mol. The molecule has 1 aromatic heterocycles. The standard InChI is InChI=1S/C23H22ClNO4S/c1-27-19-12-15-9-10-25(22(26)14-29-17-7-5-16(24)6-8-17)23(21-4-3-11-30-21)18(15)13-20(19)28-2/h3-8,11-13,23H,9-10,14H2,1-2H3/t23-/m1/s1. The second kappa shape index (κ2) is 8.98. The Labute approximate surface area is 184 Å². The minimum atomic E-state index is -0.185. The molecule has 1 aliphatic heterocycles. The topological polar surface area (TPSA) is 48.0 Å². The van der Waals surface area contributed by atoms with Crippen LogP contribution in [-0.4, -0.2) is 38.2 Å². The van der Waals surface area contributed by atoms with Crippen molar-refractivity contribution in [1.82, 2.24) is 4.90 Å². The molecule has 0 fully saturated rings. The summed E-state index contributed by atoms with van der Waals surface area (Å²) in [6.07, 6.45) is 0.740. The minimum absolute atomic E-state index is 0.0356. The fourth-order valence-electron chi connectivity index (χ4n) is 3.73. The molecular formula is C23H22ClNO4S. The molecule has 1 aliphatic rings. The Kier molecular flexibility index (Phi) is 6.16. The van der Waals surface area contributed by atoms with Crippen LogP contribution >= 0.6 is 22.9 Å². The number of methoxy groups -OCH3 is 2. The van der Waals surface area contributed by atoms with Crippen LogP contribution in [0.3, 0.4) is 0 Å². The first-order valence-electron chi connectivity index (χ1n) is 9.56. The van der Waals surface area contributed by atoms with E-state index in [2.05, 4.69) is 6.07 Å². The van der Waals surface area contributed by atoms with Crippen molar-refractivity contribution in [3.8, 4) is 17.2 Å². The highest BCUT2D eigenvalue weighted by atomic mass is 35.5. The van der Waals surface area contributed by atoms with Gasteiger partial charge in [-0.3, -0.25) is 4.79 Å². The van der Waals surface area contributed by atoms with E-state index >= 15 is 0 Å². The third kappa shape index (κ3) is 4.11. The highest BCUT2D eigenvalue weighted by Gasteiger charge is 2.34. The van der Waals surface area contributed by atoms with Gasteiger partial charge in [0.1, 0.15) is 5.75 Å². The van der Waals surface area contributed by atoms with Gasteiger partial charge in [0.05, 0.1) is 20.3 Å². The second-order valence-electron chi connectivity index (χ2n) is 6.90. The van der Waals surface area contributed by atoms with Crippen molar-refractivity contribution in [2.24, 2.45) is 0 Å². The number of carbonyl (C=O) groups is 1. The van der Waals surface area contributed by atoms with Gasteiger partial charge in [-0.15, -0.1) is 11.3 Å². The van der Waals surface area contributed by atoms with Gasteiger partial charge in [0, 0.05) is 16.4 Å². The van der Waals surface area contributed by atoms with Crippen molar-refractivity contribution < 1.29 is 19.0 Å². The van der Waals surface area contributed by atoms with Gasteiger partial charge in [0.25, 0.3) is 5.91 Å². The molecule has 2 heterocycles. The monoisotopic (exact) mass is 443 g/mol. The van der Waals surface area contributed by atoms with Gasteiger partial charge in [-0.1, -0.05) is 17.7 Å². The SMILES string of the molecule is COc1cc2c(cc1OC)[C@H](c1cccs1)N(C(=O)COc1ccc(Cl)cc1)CC2. The molecule has 156 valence electrons. The van der Waals surface area contributed by atoms with E-state index in [0.717, 1.165) is 22.4 Å². The lowest BCUT2D eigenvalue weighted by Crippen LogP contribution is -2.42. The van der Waals surface area contributed by atoms with E-state index in [1.165, 1.54) is 0 Å². The fraction of sp³-hybridized carbons (Fsp3) is 0.261. The van der Waals surface area contributed by atoms with E-state index in [4.69, 9.17) is 25.8 Å². The summed E-state index contributed by atoms with van der Waals surface area (Å²) in [6, 6.07) is 14.9. The van der Waals surface area contributed by atoms with Crippen LogP contribution < -0.4 is 14.2 Å². The first-order valence-corrected chi connectivity index (χ1v) is 10.8. The van der Waals surface area contributed by atoms with Crippen LogP contribution in [0.25, 0.3) is 0 Å². The maximum atomic E-state index is 13.2.